The zero-order valence-corrected chi connectivity index (χ0v) is 17.9. The maximum absolute atomic E-state index is 13.0. The van der Waals surface area contributed by atoms with Gasteiger partial charge in [-0.05, 0) is 35.9 Å². The van der Waals surface area contributed by atoms with Crippen LogP contribution in [0.3, 0.4) is 0 Å². The van der Waals surface area contributed by atoms with Crippen LogP contribution in [0.15, 0.2) is 66.7 Å². The smallest absolute Gasteiger partial charge is 0.270 e. The van der Waals surface area contributed by atoms with E-state index in [9.17, 15) is 19.7 Å². The molecule has 0 aliphatic carbocycles. The van der Waals surface area contributed by atoms with Crippen LogP contribution >= 0.6 is 23.2 Å². The number of nitrogens with one attached hydrogen (secondary N) is 1. The minimum atomic E-state index is -0.600. The molecule has 3 aromatic carbocycles. The van der Waals surface area contributed by atoms with Crippen LogP contribution in [-0.4, -0.2) is 28.7 Å². The van der Waals surface area contributed by atoms with Crippen molar-refractivity contribution in [2.75, 3.05) is 12.4 Å². The number of amides is 2. The molecule has 0 spiro atoms. The minimum Gasteiger partial charge on any atom is -0.337 e. The van der Waals surface area contributed by atoms with E-state index in [1.165, 1.54) is 17.0 Å². The molecule has 0 fully saturated rings. The fourth-order valence-electron chi connectivity index (χ4n) is 2.96. The number of para-hydroxylation sites is 1. The lowest BCUT2D eigenvalue weighted by atomic mass is 10.1. The lowest BCUT2D eigenvalue weighted by molar-refractivity contribution is -0.384. The highest BCUT2D eigenvalue weighted by Crippen LogP contribution is 2.25. The van der Waals surface area contributed by atoms with E-state index in [0.29, 0.717) is 22.8 Å². The van der Waals surface area contributed by atoms with E-state index in [2.05, 4.69) is 5.32 Å². The molecule has 0 unspecified atom stereocenters. The van der Waals surface area contributed by atoms with Gasteiger partial charge in [0.15, 0.2) is 0 Å². The number of benzene rings is 3. The molecule has 2 amide bonds. The monoisotopic (exact) mass is 457 g/mol. The molecule has 3 aromatic rings. The van der Waals surface area contributed by atoms with Gasteiger partial charge in [0.25, 0.3) is 17.5 Å². The number of anilines is 1. The molecular formula is C22H17Cl2N3O4. The van der Waals surface area contributed by atoms with Crippen molar-refractivity contribution in [3.63, 3.8) is 0 Å². The van der Waals surface area contributed by atoms with Gasteiger partial charge >= 0.3 is 0 Å². The molecule has 0 aliphatic heterocycles. The molecule has 158 valence electrons. The van der Waals surface area contributed by atoms with Crippen LogP contribution < -0.4 is 5.32 Å². The number of carbonyl (C=O) groups is 2. The van der Waals surface area contributed by atoms with Crippen molar-refractivity contribution in [3.8, 4) is 0 Å². The Morgan fingerprint density at radius 3 is 2.42 bits per heavy atom. The summed E-state index contributed by atoms with van der Waals surface area (Å²) in [7, 11) is 1.65. The third-order valence-electron chi connectivity index (χ3n) is 4.47. The first-order chi connectivity index (χ1) is 14.8. The van der Waals surface area contributed by atoms with Gasteiger partial charge in [0, 0.05) is 30.7 Å². The van der Waals surface area contributed by atoms with Crippen molar-refractivity contribution in [2.45, 2.75) is 6.54 Å². The SMILES string of the molecule is CN(Cc1cccc(Cl)c1)C(=O)c1ccccc1NC(=O)c1ccc([N+](=O)[O-])cc1Cl. The second-order valence-corrected chi connectivity index (χ2v) is 7.56. The molecule has 0 bridgehead atoms. The summed E-state index contributed by atoms with van der Waals surface area (Å²) in [4.78, 5) is 37.4. The number of nitrogens with zero attached hydrogens (tertiary/aromatic N) is 2. The van der Waals surface area contributed by atoms with Gasteiger partial charge in [0.2, 0.25) is 0 Å². The lowest BCUT2D eigenvalue weighted by Crippen LogP contribution is -2.27. The van der Waals surface area contributed by atoms with E-state index in [1.807, 2.05) is 6.07 Å². The first-order valence-electron chi connectivity index (χ1n) is 9.10. The summed E-state index contributed by atoms with van der Waals surface area (Å²) in [6.45, 7) is 0.329. The van der Waals surface area contributed by atoms with Crippen molar-refractivity contribution in [2.24, 2.45) is 0 Å². The Labute approximate surface area is 188 Å². The Morgan fingerprint density at radius 1 is 1.00 bits per heavy atom. The number of halogens is 2. The van der Waals surface area contributed by atoms with Crippen LogP contribution in [0, 0.1) is 10.1 Å². The topological polar surface area (TPSA) is 92.6 Å². The molecule has 0 heterocycles. The second-order valence-electron chi connectivity index (χ2n) is 6.71. The quantitative estimate of drug-likeness (QED) is 0.394. The van der Waals surface area contributed by atoms with Gasteiger partial charge in [-0.25, -0.2) is 0 Å². The normalized spacial score (nSPS) is 10.4. The molecule has 1 N–H and O–H groups in total. The third-order valence-corrected chi connectivity index (χ3v) is 5.02. The molecule has 31 heavy (non-hydrogen) atoms. The van der Waals surface area contributed by atoms with E-state index in [1.54, 1.807) is 49.5 Å². The molecule has 9 heteroatoms. The summed E-state index contributed by atoms with van der Waals surface area (Å²) >= 11 is 12.0. The van der Waals surface area contributed by atoms with Gasteiger partial charge in [-0.1, -0.05) is 47.5 Å². The van der Waals surface area contributed by atoms with Crippen molar-refractivity contribution in [1.29, 1.82) is 0 Å². The molecule has 3 rings (SSSR count). The van der Waals surface area contributed by atoms with Crippen LogP contribution in [0.2, 0.25) is 10.0 Å². The maximum atomic E-state index is 13.0. The Morgan fingerprint density at radius 2 is 1.74 bits per heavy atom. The average Bonchev–Trinajstić information content (AvgIpc) is 2.73. The van der Waals surface area contributed by atoms with Crippen LogP contribution in [0.25, 0.3) is 0 Å². The molecule has 0 atom stereocenters. The number of nitro benzene ring substituents is 1. The highest BCUT2D eigenvalue weighted by atomic mass is 35.5. The third kappa shape index (κ3) is 5.39. The molecule has 0 radical (unpaired) electrons. The van der Waals surface area contributed by atoms with Crippen LogP contribution in [-0.2, 0) is 6.54 Å². The van der Waals surface area contributed by atoms with E-state index < -0.39 is 10.8 Å². The number of hydrogen-bond donors (Lipinski definition) is 1. The van der Waals surface area contributed by atoms with E-state index in [-0.39, 0.29) is 22.2 Å². The molecule has 7 nitrogen and oxygen atoms in total. The number of non-ortho nitro benzene ring substituents is 1. The number of carbonyl (C=O) groups excluding carboxylic acids is 2. The summed E-state index contributed by atoms with van der Waals surface area (Å²) < 4.78 is 0. The fourth-order valence-corrected chi connectivity index (χ4v) is 3.43. The fraction of sp³-hybridized carbons (Fsp3) is 0.0909. The first-order valence-corrected chi connectivity index (χ1v) is 9.86. The average molecular weight is 458 g/mol. The van der Waals surface area contributed by atoms with Crippen LogP contribution in [0.4, 0.5) is 11.4 Å². The van der Waals surface area contributed by atoms with Gasteiger partial charge in [0.05, 0.1) is 26.8 Å². The molecule has 0 aliphatic rings. The highest BCUT2D eigenvalue weighted by Gasteiger charge is 2.20. The summed E-state index contributed by atoms with van der Waals surface area (Å²) in [6, 6.07) is 17.3. The Kier molecular flexibility index (Phi) is 6.89. The predicted molar refractivity (Wildman–Crippen MR) is 120 cm³/mol. The molecule has 0 aromatic heterocycles. The minimum absolute atomic E-state index is 0.0572. The van der Waals surface area contributed by atoms with E-state index in [0.717, 1.165) is 11.6 Å². The molecular weight excluding hydrogens is 441 g/mol. The van der Waals surface area contributed by atoms with Crippen molar-refractivity contribution < 1.29 is 14.5 Å². The zero-order valence-electron chi connectivity index (χ0n) is 16.3. The van der Waals surface area contributed by atoms with Gasteiger partial charge in [0.1, 0.15) is 0 Å². The predicted octanol–water partition coefficient (Wildman–Crippen LogP) is 5.43. The number of hydrogen-bond acceptors (Lipinski definition) is 4. The standard InChI is InChI=1S/C22H17Cl2N3O4/c1-26(13-14-5-4-6-15(23)11-14)22(29)18-7-2-3-8-20(18)25-21(28)17-10-9-16(27(30)31)12-19(17)24/h2-12H,13H2,1H3,(H,25,28). The van der Waals surface area contributed by atoms with Crippen LogP contribution in [0.1, 0.15) is 26.3 Å². The molecule has 0 saturated carbocycles. The van der Waals surface area contributed by atoms with Crippen molar-refractivity contribution in [1.82, 2.24) is 4.90 Å². The van der Waals surface area contributed by atoms with Crippen LogP contribution in [0.5, 0.6) is 0 Å². The van der Waals surface area contributed by atoms with E-state index >= 15 is 0 Å². The van der Waals surface area contributed by atoms with Gasteiger partial charge < -0.3 is 10.2 Å². The zero-order chi connectivity index (χ0) is 22.5. The largest absolute Gasteiger partial charge is 0.337 e. The number of rotatable bonds is 6. The Bertz CT molecular complexity index is 1170. The van der Waals surface area contributed by atoms with Gasteiger partial charge in [-0.2, -0.15) is 0 Å². The maximum Gasteiger partial charge on any atom is 0.270 e. The van der Waals surface area contributed by atoms with E-state index in [4.69, 9.17) is 23.2 Å². The summed E-state index contributed by atoms with van der Waals surface area (Å²) in [6.07, 6.45) is 0. The second kappa shape index (κ2) is 9.59. The lowest BCUT2D eigenvalue weighted by Gasteiger charge is -2.19. The van der Waals surface area contributed by atoms with Crippen molar-refractivity contribution in [3.05, 3.63) is 104 Å². The van der Waals surface area contributed by atoms with Crippen molar-refractivity contribution >= 4 is 46.4 Å². The Balaban J connectivity index is 1.80. The van der Waals surface area contributed by atoms with Gasteiger partial charge in [-0.15, -0.1) is 0 Å². The summed E-state index contributed by atoms with van der Waals surface area (Å²) in [5.74, 6) is -0.886. The highest BCUT2D eigenvalue weighted by molar-refractivity contribution is 6.34. The van der Waals surface area contributed by atoms with Gasteiger partial charge in [-0.3, -0.25) is 19.7 Å². The first kappa shape index (κ1) is 22.3. The summed E-state index contributed by atoms with van der Waals surface area (Å²) in [5, 5.41) is 14.0. The molecule has 0 saturated heterocycles. The number of nitro groups is 1. The summed E-state index contributed by atoms with van der Waals surface area (Å²) in [5.41, 5.74) is 1.28. The Hall–Kier alpha value is -3.42.